The molecule has 0 aliphatic rings. The summed E-state index contributed by atoms with van der Waals surface area (Å²) in [6.07, 6.45) is -0.495. The Balaban J connectivity index is -0.0000000800. The summed E-state index contributed by atoms with van der Waals surface area (Å²) in [5, 5.41) is 6.76. The summed E-state index contributed by atoms with van der Waals surface area (Å²) in [5.74, 6) is 0. The van der Waals surface area contributed by atoms with Crippen molar-refractivity contribution in [1.82, 2.24) is 0 Å². The van der Waals surface area contributed by atoms with E-state index in [4.69, 9.17) is 15.9 Å². The van der Waals surface area contributed by atoms with Crippen LogP contribution in [0.1, 0.15) is 0 Å². The predicted octanol–water partition coefficient (Wildman–Crippen LogP) is 0.694. The van der Waals surface area contributed by atoms with E-state index in [-0.39, 0.29) is 32.7 Å². The molecule has 9 heavy (non-hydrogen) atoms. The van der Waals surface area contributed by atoms with Crippen molar-refractivity contribution in [2.24, 2.45) is 0 Å². The van der Waals surface area contributed by atoms with E-state index in [0.29, 0.717) is 6.08 Å². The Bertz CT molecular complexity index is 99.2. The SMILES string of the molecule is COC([NH-])=O.[N-]=C=O.[Y]. The van der Waals surface area contributed by atoms with Crippen LogP contribution in [0.3, 0.4) is 0 Å². The standard InChI is InChI=1S/C2H5NO2.CNO.Y/c1-5-2(3)4;2-1-3;/h1H3,(H2,3,4);;/q;-1;/p-1. The molecule has 0 aliphatic carbocycles. The number of isocyanates is 1. The molecule has 0 fully saturated rings. The normalized spacial score (nSPS) is 4.56. The van der Waals surface area contributed by atoms with Gasteiger partial charge in [-0.1, -0.05) is 0 Å². The zero-order valence-corrected chi connectivity index (χ0v) is 7.59. The fraction of sp³-hybridized carbons (Fsp3) is 0.333. The molecule has 5 nitrogen and oxygen atoms in total. The van der Waals surface area contributed by atoms with Crippen LogP contribution in [-0.2, 0) is 42.2 Å². The second kappa shape index (κ2) is 15.7. The van der Waals surface area contributed by atoms with E-state index in [0.717, 1.165) is 7.11 Å². The van der Waals surface area contributed by atoms with E-state index in [2.05, 4.69) is 4.74 Å². The molecule has 0 unspecified atom stereocenters. The number of rotatable bonds is 0. The summed E-state index contributed by atoms with van der Waals surface area (Å²) >= 11 is 0. The largest absolute Gasteiger partial charge is 0.724 e. The van der Waals surface area contributed by atoms with Gasteiger partial charge in [0.1, 0.15) is 0 Å². The van der Waals surface area contributed by atoms with E-state index in [1.807, 2.05) is 0 Å². The minimum Gasteiger partial charge on any atom is -0.724 e. The second-order valence-corrected chi connectivity index (χ2v) is 0.583. The van der Waals surface area contributed by atoms with Crippen molar-refractivity contribution < 1.29 is 47.0 Å². The maximum atomic E-state index is 9.26. The molecule has 1 radical (unpaired) electrons. The Morgan fingerprint density at radius 3 is 1.89 bits per heavy atom. The topological polar surface area (TPSA) is 89.5 Å². The van der Waals surface area contributed by atoms with Gasteiger partial charge in [0, 0.05) is 32.7 Å². The third-order valence-corrected chi connectivity index (χ3v) is 0.185. The number of carbonyl (C=O) groups is 1. The average Bonchev–Trinajstić information content (AvgIpc) is 1.69. The summed E-state index contributed by atoms with van der Waals surface area (Å²) in [7, 11) is 1.16. The number of amides is 1. The molecule has 0 aromatic carbocycles. The average molecular weight is 205 g/mol. The van der Waals surface area contributed by atoms with Gasteiger partial charge >= 0.3 is 0 Å². The van der Waals surface area contributed by atoms with Gasteiger partial charge in [0.05, 0.1) is 7.11 Å². The van der Waals surface area contributed by atoms with Gasteiger partial charge in [-0.2, -0.15) is 0 Å². The molecule has 0 saturated carbocycles. The summed E-state index contributed by atoms with van der Waals surface area (Å²) < 4.78 is 3.78. The van der Waals surface area contributed by atoms with Gasteiger partial charge in [-0.25, -0.2) is 0 Å². The molecule has 1 N–H and O–H groups in total. The van der Waals surface area contributed by atoms with Gasteiger partial charge in [-0.05, 0) is 6.08 Å². The fourth-order valence-corrected chi connectivity index (χ4v) is 0. The molecule has 0 aromatic heterocycles. The van der Waals surface area contributed by atoms with Crippen molar-refractivity contribution in [2.75, 3.05) is 7.11 Å². The van der Waals surface area contributed by atoms with E-state index >= 15 is 0 Å². The summed E-state index contributed by atoms with van der Waals surface area (Å²) in [4.78, 5) is 17.5. The van der Waals surface area contributed by atoms with Crippen LogP contribution in [0, 0.1) is 0 Å². The summed E-state index contributed by atoms with van der Waals surface area (Å²) in [6, 6.07) is 0. The van der Waals surface area contributed by atoms with Crippen LogP contribution >= 0.6 is 0 Å². The van der Waals surface area contributed by atoms with Crippen LogP contribution in [0.15, 0.2) is 0 Å². The molecular weight excluding hydrogens is 201 g/mol. The van der Waals surface area contributed by atoms with Crippen LogP contribution in [0.4, 0.5) is 4.79 Å². The predicted molar refractivity (Wildman–Crippen MR) is 25.8 cm³/mol. The Morgan fingerprint density at radius 1 is 1.78 bits per heavy atom. The third kappa shape index (κ3) is 83.5. The Morgan fingerprint density at radius 2 is 1.89 bits per heavy atom. The van der Waals surface area contributed by atoms with Crippen molar-refractivity contribution in [3.63, 3.8) is 0 Å². The zero-order chi connectivity index (χ0) is 6.99. The fourth-order valence-electron chi connectivity index (χ4n) is 0. The number of ether oxygens (including phenoxy) is 1. The Kier molecular flexibility index (Phi) is 27.6. The van der Waals surface area contributed by atoms with E-state index in [1.165, 1.54) is 0 Å². The first-order valence-electron chi connectivity index (χ1n) is 1.49. The number of hydrogen-bond donors (Lipinski definition) is 0. The van der Waals surface area contributed by atoms with Crippen LogP contribution < -0.4 is 0 Å². The first-order valence-corrected chi connectivity index (χ1v) is 1.49. The molecule has 49 valence electrons. The van der Waals surface area contributed by atoms with Gasteiger partial charge in [0.25, 0.3) is 0 Å². The monoisotopic (exact) mass is 205 g/mol. The maximum Gasteiger partial charge on any atom is 0.226 e. The zero-order valence-electron chi connectivity index (χ0n) is 4.75. The number of hydrogen-bond acceptors (Lipinski definition) is 3. The minimum atomic E-state index is -0.995. The first-order chi connectivity index (χ1) is 3.68. The van der Waals surface area contributed by atoms with Crippen LogP contribution in [0.5, 0.6) is 0 Å². The first kappa shape index (κ1) is 15.9. The van der Waals surface area contributed by atoms with Crippen LogP contribution in [0.25, 0.3) is 11.1 Å². The molecule has 0 spiro atoms. The molecule has 0 bridgehead atoms. The number of methoxy groups -OCH3 is 1. The van der Waals surface area contributed by atoms with Gasteiger partial charge in [-0.3, -0.25) is 9.59 Å². The quantitative estimate of drug-likeness (QED) is 0.430. The molecule has 0 aromatic rings. The molecule has 0 rings (SSSR count). The van der Waals surface area contributed by atoms with E-state index in [1.54, 1.807) is 0 Å². The molecular formula is C3H4N2O3Y-2. The second-order valence-electron chi connectivity index (χ2n) is 0.583. The van der Waals surface area contributed by atoms with E-state index in [9.17, 15) is 4.79 Å². The van der Waals surface area contributed by atoms with Gasteiger partial charge in [-0.15, -0.1) is 0 Å². The van der Waals surface area contributed by atoms with Crippen molar-refractivity contribution in [3.8, 4) is 0 Å². The molecule has 0 saturated heterocycles. The van der Waals surface area contributed by atoms with Crippen LogP contribution in [0.2, 0.25) is 0 Å². The van der Waals surface area contributed by atoms with Gasteiger partial charge in [0.2, 0.25) is 6.09 Å². The van der Waals surface area contributed by atoms with Crippen molar-refractivity contribution >= 4 is 12.2 Å². The molecule has 0 heterocycles. The van der Waals surface area contributed by atoms with Crippen LogP contribution in [-0.4, -0.2) is 19.3 Å². The molecule has 6 heteroatoms. The Hall–Kier alpha value is -0.246. The van der Waals surface area contributed by atoms with E-state index < -0.39 is 6.09 Å². The van der Waals surface area contributed by atoms with Crippen molar-refractivity contribution in [3.05, 3.63) is 11.1 Å². The van der Waals surface area contributed by atoms with Gasteiger partial charge < -0.3 is 15.9 Å². The maximum absolute atomic E-state index is 9.26. The smallest absolute Gasteiger partial charge is 0.226 e. The minimum absolute atomic E-state index is 0. The van der Waals surface area contributed by atoms with Gasteiger partial charge in [0.15, 0.2) is 0 Å². The summed E-state index contributed by atoms with van der Waals surface area (Å²) in [5.41, 5.74) is 5.97. The number of nitrogens with zero attached hydrogens (tertiary/aromatic N) is 1. The molecule has 0 aliphatic heterocycles. The number of carbonyl (C=O) groups excluding carboxylic acids is 2. The Labute approximate surface area is 77.3 Å². The summed E-state index contributed by atoms with van der Waals surface area (Å²) in [6.45, 7) is 0. The third-order valence-electron chi connectivity index (χ3n) is 0.185. The number of nitrogens with one attached hydrogen (secondary N) is 1. The molecule has 1 amide bonds. The van der Waals surface area contributed by atoms with Crippen molar-refractivity contribution in [1.29, 1.82) is 0 Å². The van der Waals surface area contributed by atoms with Crippen molar-refractivity contribution in [2.45, 2.75) is 0 Å². The molecule has 0 atom stereocenters.